The zero-order chi connectivity index (χ0) is 12.7. The molecule has 96 valence electrons. The van der Waals surface area contributed by atoms with Crippen LogP contribution in [0.1, 0.15) is 37.4 Å². The van der Waals surface area contributed by atoms with Gasteiger partial charge in [0.05, 0.1) is 6.61 Å². The van der Waals surface area contributed by atoms with Crippen LogP contribution >= 0.6 is 11.8 Å². The molecule has 0 saturated carbocycles. The molecule has 0 heterocycles. The monoisotopic (exact) mass is 253 g/mol. The highest BCUT2D eigenvalue weighted by Gasteiger charge is 2.11. The van der Waals surface area contributed by atoms with Crippen LogP contribution in [-0.2, 0) is 6.61 Å². The lowest BCUT2D eigenvalue weighted by Crippen LogP contribution is -2.33. The van der Waals surface area contributed by atoms with Gasteiger partial charge in [0.1, 0.15) is 0 Å². The van der Waals surface area contributed by atoms with Gasteiger partial charge in [-0.3, -0.25) is 0 Å². The van der Waals surface area contributed by atoms with Crippen LogP contribution in [0.3, 0.4) is 0 Å². The lowest BCUT2D eigenvalue weighted by Gasteiger charge is -2.22. The molecule has 0 radical (unpaired) electrons. The number of benzene rings is 1. The van der Waals surface area contributed by atoms with Crippen LogP contribution in [0, 0.1) is 0 Å². The summed E-state index contributed by atoms with van der Waals surface area (Å²) >= 11 is 1.88. The Hall–Kier alpha value is -0.510. The van der Waals surface area contributed by atoms with Crippen molar-refractivity contribution in [3.8, 4) is 0 Å². The van der Waals surface area contributed by atoms with Gasteiger partial charge in [-0.25, -0.2) is 0 Å². The molecule has 2 N–H and O–H groups in total. The summed E-state index contributed by atoms with van der Waals surface area (Å²) in [5.41, 5.74) is 2.23. The Morgan fingerprint density at radius 1 is 1.41 bits per heavy atom. The fraction of sp³-hybridized carbons (Fsp3) is 0.571. The lowest BCUT2D eigenvalue weighted by molar-refractivity contribution is 0.281. The van der Waals surface area contributed by atoms with Gasteiger partial charge in [0, 0.05) is 17.8 Å². The van der Waals surface area contributed by atoms with Gasteiger partial charge >= 0.3 is 0 Å². The molecule has 2 unspecified atom stereocenters. The van der Waals surface area contributed by atoms with E-state index in [2.05, 4.69) is 37.6 Å². The molecule has 0 aromatic heterocycles. The molecular formula is C14H23NOS. The Labute approximate surface area is 109 Å². The van der Waals surface area contributed by atoms with Gasteiger partial charge in [0.2, 0.25) is 0 Å². The van der Waals surface area contributed by atoms with Gasteiger partial charge in [0.25, 0.3) is 0 Å². The second-order valence-electron chi connectivity index (χ2n) is 4.35. The molecule has 1 aromatic carbocycles. The zero-order valence-corrected chi connectivity index (χ0v) is 11.8. The van der Waals surface area contributed by atoms with Crippen molar-refractivity contribution in [1.29, 1.82) is 0 Å². The van der Waals surface area contributed by atoms with Crippen molar-refractivity contribution in [2.45, 2.75) is 39.0 Å². The van der Waals surface area contributed by atoms with Crippen molar-refractivity contribution in [1.82, 2.24) is 5.32 Å². The van der Waals surface area contributed by atoms with Gasteiger partial charge in [-0.2, -0.15) is 11.8 Å². The number of nitrogens with one attached hydrogen (secondary N) is 1. The molecule has 0 spiro atoms. The van der Waals surface area contributed by atoms with Gasteiger partial charge in [0.15, 0.2) is 0 Å². The summed E-state index contributed by atoms with van der Waals surface area (Å²) in [6.07, 6.45) is 3.28. The third kappa shape index (κ3) is 4.70. The maximum atomic E-state index is 9.13. The van der Waals surface area contributed by atoms with E-state index in [0.717, 1.165) is 17.7 Å². The second kappa shape index (κ2) is 7.75. The minimum Gasteiger partial charge on any atom is -0.392 e. The highest BCUT2D eigenvalue weighted by Crippen LogP contribution is 2.16. The Morgan fingerprint density at radius 3 is 2.76 bits per heavy atom. The van der Waals surface area contributed by atoms with Crippen molar-refractivity contribution in [2.75, 3.05) is 12.0 Å². The number of aliphatic hydroxyl groups is 1. The molecule has 0 aliphatic rings. The molecular weight excluding hydrogens is 230 g/mol. The smallest absolute Gasteiger partial charge is 0.0681 e. The van der Waals surface area contributed by atoms with Crippen LogP contribution in [0.5, 0.6) is 0 Å². The number of aliphatic hydroxyl groups excluding tert-OH is 1. The van der Waals surface area contributed by atoms with E-state index in [1.165, 1.54) is 5.56 Å². The summed E-state index contributed by atoms with van der Waals surface area (Å²) < 4.78 is 0. The molecule has 0 amide bonds. The van der Waals surface area contributed by atoms with E-state index in [-0.39, 0.29) is 6.61 Å². The first kappa shape index (κ1) is 14.6. The van der Waals surface area contributed by atoms with Crippen LogP contribution in [0.15, 0.2) is 24.3 Å². The Morgan fingerprint density at radius 2 is 2.18 bits per heavy atom. The molecule has 17 heavy (non-hydrogen) atoms. The number of hydrogen-bond donors (Lipinski definition) is 2. The molecule has 0 aliphatic carbocycles. The van der Waals surface area contributed by atoms with Crippen LogP contribution in [0.25, 0.3) is 0 Å². The molecule has 2 nitrogen and oxygen atoms in total. The number of thioether (sulfide) groups is 1. The van der Waals surface area contributed by atoms with E-state index < -0.39 is 0 Å². The first-order valence-corrected chi connectivity index (χ1v) is 7.55. The normalized spacial score (nSPS) is 14.6. The molecule has 0 fully saturated rings. The maximum absolute atomic E-state index is 9.13. The number of hydrogen-bond acceptors (Lipinski definition) is 3. The quantitative estimate of drug-likeness (QED) is 0.783. The predicted molar refractivity (Wildman–Crippen MR) is 76.4 cm³/mol. The second-order valence-corrected chi connectivity index (χ2v) is 5.26. The van der Waals surface area contributed by atoms with Gasteiger partial charge in [-0.15, -0.1) is 0 Å². The van der Waals surface area contributed by atoms with Crippen molar-refractivity contribution < 1.29 is 5.11 Å². The van der Waals surface area contributed by atoms with E-state index >= 15 is 0 Å². The van der Waals surface area contributed by atoms with Crippen molar-refractivity contribution >= 4 is 11.8 Å². The maximum Gasteiger partial charge on any atom is 0.0681 e. The summed E-state index contributed by atoms with van der Waals surface area (Å²) in [6.45, 7) is 4.51. The Balaban J connectivity index is 2.64. The SMILES string of the molecule is CCC(CSC)NC(C)c1cccc(CO)c1. The summed E-state index contributed by atoms with van der Waals surface area (Å²) in [5, 5.41) is 12.8. The van der Waals surface area contributed by atoms with Crippen molar-refractivity contribution in [2.24, 2.45) is 0 Å². The molecule has 3 heteroatoms. The number of rotatable bonds is 7. The third-order valence-corrected chi connectivity index (χ3v) is 3.72. The lowest BCUT2D eigenvalue weighted by atomic mass is 10.0. The Bertz CT molecular complexity index is 330. The van der Waals surface area contributed by atoms with E-state index in [0.29, 0.717) is 12.1 Å². The van der Waals surface area contributed by atoms with Crippen LogP contribution < -0.4 is 5.32 Å². The largest absolute Gasteiger partial charge is 0.392 e. The van der Waals surface area contributed by atoms with E-state index in [9.17, 15) is 0 Å². The third-order valence-electron chi connectivity index (χ3n) is 2.98. The minimum atomic E-state index is 0.114. The van der Waals surface area contributed by atoms with Gasteiger partial charge in [-0.05, 0) is 30.7 Å². The molecule has 0 saturated heterocycles. The van der Waals surface area contributed by atoms with Crippen LogP contribution in [0.2, 0.25) is 0 Å². The summed E-state index contributed by atoms with van der Waals surface area (Å²) in [7, 11) is 0. The highest BCUT2D eigenvalue weighted by molar-refractivity contribution is 7.98. The summed E-state index contributed by atoms with van der Waals surface area (Å²) in [5.74, 6) is 1.14. The first-order valence-electron chi connectivity index (χ1n) is 6.16. The Kier molecular flexibility index (Phi) is 6.63. The predicted octanol–water partition coefficient (Wildman–Crippen LogP) is 2.97. The fourth-order valence-corrected chi connectivity index (χ4v) is 2.63. The summed E-state index contributed by atoms with van der Waals surface area (Å²) in [4.78, 5) is 0. The molecule has 2 atom stereocenters. The van der Waals surface area contributed by atoms with Crippen molar-refractivity contribution in [3.63, 3.8) is 0 Å². The summed E-state index contributed by atoms with van der Waals surface area (Å²) in [6, 6.07) is 9.03. The van der Waals surface area contributed by atoms with Crippen molar-refractivity contribution in [3.05, 3.63) is 35.4 Å². The topological polar surface area (TPSA) is 32.3 Å². The van der Waals surface area contributed by atoms with Gasteiger partial charge in [-0.1, -0.05) is 31.2 Å². The highest BCUT2D eigenvalue weighted by atomic mass is 32.2. The fourth-order valence-electron chi connectivity index (χ4n) is 1.90. The van der Waals surface area contributed by atoms with Gasteiger partial charge < -0.3 is 10.4 Å². The molecule has 0 aliphatic heterocycles. The van der Waals surface area contributed by atoms with E-state index in [1.807, 2.05) is 23.9 Å². The average Bonchev–Trinajstić information content (AvgIpc) is 2.38. The molecule has 0 bridgehead atoms. The van der Waals surface area contributed by atoms with Crippen LogP contribution in [0.4, 0.5) is 0 Å². The molecule has 1 rings (SSSR count). The minimum absolute atomic E-state index is 0.114. The molecule has 1 aromatic rings. The van der Waals surface area contributed by atoms with E-state index in [4.69, 9.17) is 5.11 Å². The van der Waals surface area contributed by atoms with E-state index in [1.54, 1.807) is 0 Å². The zero-order valence-electron chi connectivity index (χ0n) is 10.9. The first-order chi connectivity index (χ1) is 8.21. The average molecular weight is 253 g/mol. The van der Waals surface area contributed by atoms with Crippen LogP contribution in [-0.4, -0.2) is 23.2 Å². The standard InChI is InChI=1S/C14H23NOS/c1-4-14(10-17-3)15-11(2)13-7-5-6-12(8-13)9-16/h5-8,11,14-16H,4,9-10H2,1-3H3.